The molecule has 1 fully saturated rings. The number of aliphatic hydroxyl groups is 2. The summed E-state index contributed by atoms with van der Waals surface area (Å²) in [5, 5.41) is 19.4. The van der Waals surface area contributed by atoms with Crippen molar-refractivity contribution < 1.29 is 15.0 Å². The molecule has 0 bridgehead atoms. The Bertz CT molecular complexity index is 428. The Kier molecular flexibility index (Phi) is 4.22. The normalized spacial score (nSPS) is 23.4. The Balaban J connectivity index is 1.88. The summed E-state index contributed by atoms with van der Waals surface area (Å²) < 4.78 is 0. The van der Waals surface area contributed by atoms with Gasteiger partial charge in [-0.25, -0.2) is 0 Å². The Morgan fingerprint density at radius 3 is 2.50 bits per heavy atom. The van der Waals surface area contributed by atoms with Crippen LogP contribution in [0.15, 0.2) is 24.3 Å². The van der Waals surface area contributed by atoms with E-state index in [4.69, 9.17) is 11.6 Å². The van der Waals surface area contributed by atoms with Crippen LogP contribution in [0.4, 0.5) is 0 Å². The molecule has 0 radical (unpaired) electrons. The molecule has 5 heteroatoms. The van der Waals surface area contributed by atoms with Crippen molar-refractivity contribution in [1.82, 2.24) is 4.90 Å². The van der Waals surface area contributed by atoms with Crippen LogP contribution < -0.4 is 0 Å². The molecule has 98 valence electrons. The largest absolute Gasteiger partial charge is 0.388 e. The van der Waals surface area contributed by atoms with E-state index in [9.17, 15) is 15.0 Å². The molecule has 2 rings (SSSR count). The Hall–Kier alpha value is -1.10. The summed E-state index contributed by atoms with van der Waals surface area (Å²) in [7, 11) is 0. The van der Waals surface area contributed by atoms with Crippen LogP contribution in [0.25, 0.3) is 0 Å². The summed E-state index contributed by atoms with van der Waals surface area (Å²) in [6.45, 7) is 0.422. The van der Waals surface area contributed by atoms with Crippen molar-refractivity contribution in [1.29, 1.82) is 0 Å². The molecule has 1 aliphatic rings. The van der Waals surface area contributed by atoms with Crippen molar-refractivity contribution in [3.05, 3.63) is 34.9 Å². The van der Waals surface area contributed by atoms with Crippen molar-refractivity contribution in [2.24, 2.45) is 0 Å². The molecular weight excluding hydrogens is 254 g/mol. The third kappa shape index (κ3) is 3.02. The van der Waals surface area contributed by atoms with Gasteiger partial charge in [-0.05, 0) is 18.1 Å². The molecule has 1 heterocycles. The summed E-state index contributed by atoms with van der Waals surface area (Å²) in [5.74, 6) is -0.0643. The van der Waals surface area contributed by atoms with Gasteiger partial charge in [-0.1, -0.05) is 29.8 Å². The number of carbonyl (C=O) groups is 1. The molecule has 4 nitrogen and oxygen atoms in total. The smallest absolute Gasteiger partial charge is 0.223 e. The fraction of sp³-hybridized carbons (Fsp3) is 0.462. The first kappa shape index (κ1) is 13.3. The molecule has 0 saturated carbocycles. The van der Waals surface area contributed by atoms with Crippen LogP contribution in [0, 0.1) is 0 Å². The van der Waals surface area contributed by atoms with Gasteiger partial charge in [-0.2, -0.15) is 0 Å². The van der Waals surface area contributed by atoms with E-state index in [1.54, 1.807) is 6.07 Å². The van der Waals surface area contributed by atoms with E-state index >= 15 is 0 Å². The van der Waals surface area contributed by atoms with E-state index in [2.05, 4.69) is 0 Å². The average Bonchev–Trinajstić information content (AvgIpc) is 2.68. The second-order valence-electron chi connectivity index (χ2n) is 4.52. The second kappa shape index (κ2) is 5.69. The molecule has 1 aromatic carbocycles. The number of likely N-dealkylation sites (tertiary alicyclic amines) is 1. The quantitative estimate of drug-likeness (QED) is 0.855. The van der Waals surface area contributed by atoms with E-state index in [0.717, 1.165) is 5.56 Å². The maximum absolute atomic E-state index is 11.9. The lowest BCUT2D eigenvalue weighted by Crippen LogP contribution is -2.29. The Morgan fingerprint density at radius 2 is 1.89 bits per heavy atom. The predicted molar refractivity (Wildman–Crippen MR) is 68.4 cm³/mol. The van der Waals surface area contributed by atoms with E-state index in [-0.39, 0.29) is 19.0 Å². The van der Waals surface area contributed by atoms with Crippen molar-refractivity contribution >= 4 is 17.5 Å². The number of aryl methyl sites for hydroxylation is 1. The first-order valence-corrected chi connectivity index (χ1v) is 6.33. The standard InChI is InChI=1S/C13H16ClNO3/c14-10-4-2-1-3-9(10)5-6-13(18)15-7-11(16)12(17)8-15/h1-4,11-12,16-17H,5-8H2/t11-,12+. The third-order valence-corrected chi connectivity index (χ3v) is 3.55. The van der Waals surface area contributed by atoms with Gasteiger partial charge in [0.1, 0.15) is 0 Å². The van der Waals surface area contributed by atoms with Crippen LogP contribution in [-0.4, -0.2) is 46.3 Å². The summed E-state index contributed by atoms with van der Waals surface area (Å²) in [6, 6.07) is 7.42. The molecular formula is C13H16ClNO3. The number of benzene rings is 1. The Morgan fingerprint density at radius 1 is 1.28 bits per heavy atom. The van der Waals surface area contributed by atoms with E-state index in [1.807, 2.05) is 18.2 Å². The molecule has 0 aromatic heterocycles. The van der Waals surface area contributed by atoms with Crippen molar-refractivity contribution in [3.8, 4) is 0 Å². The van der Waals surface area contributed by atoms with Gasteiger partial charge in [0, 0.05) is 24.5 Å². The number of β-amino-alcohol motifs (C(OH)–C–C–N with tert-alkyl or cyclic N) is 2. The SMILES string of the molecule is O=C(CCc1ccccc1Cl)N1C[C@@H](O)[C@@H](O)C1. The summed E-state index contributed by atoms with van der Waals surface area (Å²) >= 11 is 6.01. The number of aliphatic hydroxyl groups excluding tert-OH is 2. The number of amides is 1. The Labute approximate surface area is 111 Å². The van der Waals surface area contributed by atoms with Crippen LogP contribution in [0.5, 0.6) is 0 Å². The van der Waals surface area contributed by atoms with Crippen LogP contribution in [0.1, 0.15) is 12.0 Å². The molecule has 1 aliphatic heterocycles. The van der Waals surface area contributed by atoms with Crippen LogP contribution in [0.3, 0.4) is 0 Å². The monoisotopic (exact) mass is 269 g/mol. The number of nitrogens with zero attached hydrogens (tertiary/aromatic N) is 1. The van der Waals surface area contributed by atoms with Gasteiger partial charge < -0.3 is 15.1 Å². The molecule has 0 aliphatic carbocycles. The molecule has 0 spiro atoms. The molecule has 0 unspecified atom stereocenters. The molecule has 18 heavy (non-hydrogen) atoms. The first-order chi connectivity index (χ1) is 8.58. The highest BCUT2D eigenvalue weighted by Crippen LogP contribution is 2.18. The number of rotatable bonds is 3. The molecule has 1 saturated heterocycles. The van der Waals surface area contributed by atoms with E-state index < -0.39 is 12.2 Å². The lowest BCUT2D eigenvalue weighted by atomic mass is 10.1. The number of halogens is 1. The van der Waals surface area contributed by atoms with E-state index in [1.165, 1.54) is 4.90 Å². The number of carbonyl (C=O) groups excluding carboxylic acids is 1. The van der Waals surface area contributed by atoms with Crippen molar-refractivity contribution in [3.63, 3.8) is 0 Å². The predicted octanol–water partition coefficient (Wildman–Crippen LogP) is 0.837. The van der Waals surface area contributed by atoms with Crippen LogP contribution in [0.2, 0.25) is 5.02 Å². The zero-order chi connectivity index (χ0) is 13.1. The van der Waals surface area contributed by atoms with E-state index in [0.29, 0.717) is 17.9 Å². The van der Waals surface area contributed by atoms with Gasteiger partial charge in [-0.3, -0.25) is 4.79 Å². The average molecular weight is 270 g/mol. The number of hydrogen-bond acceptors (Lipinski definition) is 3. The topological polar surface area (TPSA) is 60.8 Å². The zero-order valence-electron chi connectivity index (χ0n) is 9.92. The third-order valence-electron chi connectivity index (χ3n) is 3.18. The summed E-state index contributed by atoms with van der Waals surface area (Å²) in [5.41, 5.74) is 0.938. The molecule has 2 N–H and O–H groups in total. The van der Waals surface area contributed by atoms with Gasteiger partial charge in [-0.15, -0.1) is 0 Å². The molecule has 1 amide bonds. The van der Waals surface area contributed by atoms with Gasteiger partial charge in [0.2, 0.25) is 5.91 Å². The lowest BCUT2D eigenvalue weighted by Gasteiger charge is -2.15. The van der Waals surface area contributed by atoms with Gasteiger partial charge >= 0.3 is 0 Å². The van der Waals surface area contributed by atoms with Gasteiger partial charge in [0.25, 0.3) is 0 Å². The molecule has 2 atom stereocenters. The van der Waals surface area contributed by atoms with Gasteiger partial charge in [0.15, 0.2) is 0 Å². The minimum Gasteiger partial charge on any atom is -0.388 e. The second-order valence-corrected chi connectivity index (χ2v) is 4.93. The minimum absolute atomic E-state index is 0.0643. The highest BCUT2D eigenvalue weighted by atomic mass is 35.5. The highest BCUT2D eigenvalue weighted by Gasteiger charge is 2.32. The van der Waals surface area contributed by atoms with Crippen LogP contribution >= 0.6 is 11.6 Å². The van der Waals surface area contributed by atoms with Crippen molar-refractivity contribution in [2.75, 3.05) is 13.1 Å². The summed E-state index contributed by atoms with van der Waals surface area (Å²) in [4.78, 5) is 13.4. The number of hydrogen-bond donors (Lipinski definition) is 2. The van der Waals surface area contributed by atoms with Gasteiger partial charge in [0.05, 0.1) is 12.2 Å². The fourth-order valence-electron chi connectivity index (χ4n) is 2.07. The first-order valence-electron chi connectivity index (χ1n) is 5.95. The van der Waals surface area contributed by atoms with Crippen LogP contribution in [-0.2, 0) is 11.2 Å². The zero-order valence-corrected chi connectivity index (χ0v) is 10.7. The maximum atomic E-state index is 11.9. The lowest BCUT2D eigenvalue weighted by molar-refractivity contribution is -0.130. The minimum atomic E-state index is -0.825. The maximum Gasteiger partial charge on any atom is 0.223 e. The molecule has 1 aromatic rings. The van der Waals surface area contributed by atoms with Crippen molar-refractivity contribution in [2.45, 2.75) is 25.0 Å². The summed E-state index contributed by atoms with van der Waals surface area (Å²) in [6.07, 6.45) is -0.742. The highest BCUT2D eigenvalue weighted by molar-refractivity contribution is 6.31. The fourth-order valence-corrected chi connectivity index (χ4v) is 2.30.